The third-order valence-electron chi connectivity index (χ3n) is 4.30. The standard InChI is InChI=1S/C16H29NO/c1-6-10-17(11-7-2)15(18)12-14-8-9-16(4,5)13(14)3/h6-12H2,1-5H3. The van der Waals surface area contributed by atoms with Crippen LogP contribution in [0, 0.1) is 5.41 Å². The van der Waals surface area contributed by atoms with Gasteiger partial charge in [0.15, 0.2) is 0 Å². The van der Waals surface area contributed by atoms with Crippen molar-refractivity contribution in [2.24, 2.45) is 5.41 Å². The lowest BCUT2D eigenvalue weighted by Crippen LogP contribution is -2.32. The molecule has 0 aromatic heterocycles. The first kappa shape index (κ1) is 15.3. The van der Waals surface area contributed by atoms with Crippen LogP contribution in [0.4, 0.5) is 0 Å². The summed E-state index contributed by atoms with van der Waals surface area (Å²) >= 11 is 0. The van der Waals surface area contributed by atoms with E-state index in [9.17, 15) is 4.79 Å². The van der Waals surface area contributed by atoms with Crippen molar-refractivity contribution >= 4 is 5.91 Å². The van der Waals surface area contributed by atoms with Crippen LogP contribution in [-0.4, -0.2) is 23.9 Å². The van der Waals surface area contributed by atoms with E-state index in [-0.39, 0.29) is 0 Å². The zero-order valence-electron chi connectivity index (χ0n) is 12.8. The molecule has 0 radical (unpaired) electrons. The van der Waals surface area contributed by atoms with Gasteiger partial charge in [-0.05, 0) is 38.0 Å². The van der Waals surface area contributed by atoms with Gasteiger partial charge in [-0.25, -0.2) is 0 Å². The van der Waals surface area contributed by atoms with Crippen LogP contribution in [0.25, 0.3) is 0 Å². The second-order valence-electron chi connectivity index (χ2n) is 6.17. The highest BCUT2D eigenvalue weighted by Gasteiger charge is 2.30. The minimum Gasteiger partial charge on any atom is -0.342 e. The Bertz CT molecular complexity index is 322. The molecule has 18 heavy (non-hydrogen) atoms. The molecule has 0 bridgehead atoms. The minimum absolute atomic E-state index is 0.302. The molecule has 0 unspecified atom stereocenters. The lowest BCUT2D eigenvalue weighted by Gasteiger charge is -2.22. The number of carbonyl (C=O) groups excluding carboxylic acids is 1. The summed E-state index contributed by atoms with van der Waals surface area (Å²) in [6.45, 7) is 12.9. The lowest BCUT2D eigenvalue weighted by atomic mass is 9.86. The molecule has 0 atom stereocenters. The molecule has 1 rings (SSSR count). The topological polar surface area (TPSA) is 20.3 Å². The Hall–Kier alpha value is -0.790. The molecule has 0 aromatic rings. The van der Waals surface area contributed by atoms with Crippen LogP contribution < -0.4 is 0 Å². The van der Waals surface area contributed by atoms with Crippen molar-refractivity contribution in [3.63, 3.8) is 0 Å². The number of nitrogens with zero attached hydrogens (tertiary/aromatic N) is 1. The van der Waals surface area contributed by atoms with E-state index in [1.54, 1.807) is 0 Å². The van der Waals surface area contributed by atoms with E-state index < -0.39 is 0 Å². The van der Waals surface area contributed by atoms with Gasteiger partial charge in [0.2, 0.25) is 5.91 Å². The van der Waals surface area contributed by atoms with Gasteiger partial charge in [-0.15, -0.1) is 0 Å². The molecule has 0 aliphatic heterocycles. The molecular weight excluding hydrogens is 222 g/mol. The third-order valence-corrected chi connectivity index (χ3v) is 4.30. The SMILES string of the molecule is CCCN(CCC)C(=O)CC1=C(C)C(C)(C)CC1. The number of carbonyl (C=O) groups is 1. The van der Waals surface area contributed by atoms with Crippen molar-refractivity contribution in [1.82, 2.24) is 4.90 Å². The van der Waals surface area contributed by atoms with Crippen LogP contribution in [0.15, 0.2) is 11.1 Å². The maximum absolute atomic E-state index is 12.3. The molecule has 0 spiro atoms. The summed E-state index contributed by atoms with van der Waals surface area (Å²) < 4.78 is 0. The molecule has 1 amide bonds. The Morgan fingerprint density at radius 3 is 2.17 bits per heavy atom. The van der Waals surface area contributed by atoms with E-state index in [0.29, 0.717) is 17.7 Å². The van der Waals surface area contributed by atoms with E-state index in [2.05, 4.69) is 34.6 Å². The van der Waals surface area contributed by atoms with Gasteiger partial charge in [0.1, 0.15) is 0 Å². The first-order valence-electron chi connectivity index (χ1n) is 7.39. The summed E-state index contributed by atoms with van der Waals surface area (Å²) in [6.07, 6.45) is 5.06. The quantitative estimate of drug-likeness (QED) is 0.649. The fourth-order valence-corrected chi connectivity index (χ4v) is 2.73. The molecule has 0 aromatic carbocycles. The smallest absolute Gasteiger partial charge is 0.226 e. The van der Waals surface area contributed by atoms with Gasteiger partial charge < -0.3 is 4.90 Å². The molecule has 1 aliphatic carbocycles. The molecule has 0 fully saturated rings. The van der Waals surface area contributed by atoms with Gasteiger partial charge in [0.25, 0.3) is 0 Å². The average molecular weight is 251 g/mol. The summed E-state index contributed by atoms with van der Waals surface area (Å²) in [7, 11) is 0. The van der Waals surface area contributed by atoms with E-state index >= 15 is 0 Å². The largest absolute Gasteiger partial charge is 0.342 e. The van der Waals surface area contributed by atoms with Crippen molar-refractivity contribution in [3.05, 3.63) is 11.1 Å². The van der Waals surface area contributed by atoms with Crippen molar-refractivity contribution in [2.45, 2.75) is 66.7 Å². The van der Waals surface area contributed by atoms with E-state index in [1.807, 2.05) is 4.90 Å². The van der Waals surface area contributed by atoms with Crippen LogP contribution in [0.3, 0.4) is 0 Å². The highest BCUT2D eigenvalue weighted by molar-refractivity contribution is 5.79. The van der Waals surface area contributed by atoms with Gasteiger partial charge in [0.05, 0.1) is 0 Å². The molecular formula is C16H29NO. The minimum atomic E-state index is 0.302. The molecule has 2 heteroatoms. The van der Waals surface area contributed by atoms with Crippen molar-refractivity contribution < 1.29 is 4.79 Å². The lowest BCUT2D eigenvalue weighted by molar-refractivity contribution is -0.130. The van der Waals surface area contributed by atoms with Crippen molar-refractivity contribution in [2.75, 3.05) is 13.1 Å². The normalized spacial score (nSPS) is 18.3. The van der Waals surface area contributed by atoms with Gasteiger partial charge in [0, 0.05) is 19.5 Å². The van der Waals surface area contributed by atoms with E-state index in [4.69, 9.17) is 0 Å². The fourth-order valence-electron chi connectivity index (χ4n) is 2.73. The predicted molar refractivity (Wildman–Crippen MR) is 77.5 cm³/mol. The monoisotopic (exact) mass is 251 g/mol. The Morgan fingerprint density at radius 1 is 1.22 bits per heavy atom. The Balaban J connectivity index is 2.66. The molecule has 1 aliphatic rings. The predicted octanol–water partition coefficient (Wildman–Crippen LogP) is 4.16. The number of hydrogen-bond donors (Lipinski definition) is 0. The highest BCUT2D eigenvalue weighted by atomic mass is 16.2. The first-order valence-corrected chi connectivity index (χ1v) is 7.39. The Morgan fingerprint density at radius 2 is 1.78 bits per heavy atom. The Labute approximate surface area is 112 Å². The Kier molecular flexibility index (Phi) is 5.43. The number of amides is 1. The van der Waals surface area contributed by atoms with Crippen LogP contribution >= 0.6 is 0 Å². The summed E-state index contributed by atoms with van der Waals surface area (Å²) in [4.78, 5) is 14.4. The van der Waals surface area contributed by atoms with E-state index in [1.165, 1.54) is 17.6 Å². The maximum atomic E-state index is 12.3. The fraction of sp³-hybridized carbons (Fsp3) is 0.812. The zero-order chi connectivity index (χ0) is 13.8. The molecule has 0 heterocycles. The van der Waals surface area contributed by atoms with Crippen LogP contribution in [0.1, 0.15) is 66.7 Å². The molecule has 0 saturated carbocycles. The zero-order valence-corrected chi connectivity index (χ0v) is 12.8. The van der Waals surface area contributed by atoms with E-state index in [0.717, 1.165) is 32.4 Å². The molecule has 2 nitrogen and oxygen atoms in total. The van der Waals surface area contributed by atoms with Crippen molar-refractivity contribution in [3.8, 4) is 0 Å². The molecule has 104 valence electrons. The summed E-state index contributed by atoms with van der Waals surface area (Å²) in [5, 5.41) is 0. The summed E-state index contributed by atoms with van der Waals surface area (Å²) in [5.74, 6) is 0.325. The van der Waals surface area contributed by atoms with Crippen LogP contribution in [0.2, 0.25) is 0 Å². The number of rotatable bonds is 6. The van der Waals surface area contributed by atoms with Gasteiger partial charge in [-0.1, -0.05) is 38.8 Å². The number of allylic oxidation sites excluding steroid dienone is 1. The molecule has 0 N–H and O–H groups in total. The number of hydrogen-bond acceptors (Lipinski definition) is 1. The molecule has 0 saturated heterocycles. The van der Waals surface area contributed by atoms with Gasteiger partial charge >= 0.3 is 0 Å². The van der Waals surface area contributed by atoms with Crippen LogP contribution in [-0.2, 0) is 4.79 Å². The summed E-state index contributed by atoms with van der Waals surface area (Å²) in [6, 6.07) is 0. The van der Waals surface area contributed by atoms with Crippen LogP contribution in [0.5, 0.6) is 0 Å². The van der Waals surface area contributed by atoms with Gasteiger partial charge in [-0.3, -0.25) is 4.79 Å². The first-order chi connectivity index (χ1) is 8.42. The summed E-state index contributed by atoms with van der Waals surface area (Å²) in [5.41, 5.74) is 3.14. The highest BCUT2D eigenvalue weighted by Crippen LogP contribution is 2.43. The van der Waals surface area contributed by atoms with Gasteiger partial charge in [-0.2, -0.15) is 0 Å². The second kappa shape index (κ2) is 6.40. The third kappa shape index (κ3) is 3.60. The van der Waals surface area contributed by atoms with Crippen molar-refractivity contribution in [1.29, 1.82) is 0 Å². The maximum Gasteiger partial charge on any atom is 0.226 e. The average Bonchev–Trinajstić information content (AvgIpc) is 2.56. The second-order valence-corrected chi connectivity index (χ2v) is 6.17.